The van der Waals surface area contributed by atoms with E-state index in [0.29, 0.717) is 12.8 Å². The zero-order valence-electron chi connectivity index (χ0n) is 20.1. The Balaban J connectivity index is 1.59. The molecule has 0 radical (unpaired) electrons. The van der Waals surface area contributed by atoms with Crippen LogP contribution in [0.2, 0.25) is 0 Å². The fourth-order valence-electron chi connectivity index (χ4n) is 4.19. The molecule has 0 saturated heterocycles. The van der Waals surface area contributed by atoms with E-state index in [4.69, 9.17) is 4.74 Å². The highest BCUT2D eigenvalue weighted by atomic mass is 16.5. The standard InChI is InChI=1S/C27H34N2O5/c1-4-5-14-23(24(30)28-16-15-27(2,3)25(31)32)29-26(33)34-17-22-20-12-8-6-10-18(20)19-11-7-9-13-21(19)22/h6-13,22-23H,4-5,14-17H2,1-3H3,(H,28,30)(H,29,33)(H,31,32)/t23-/m0/s1. The summed E-state index contributed by atoms with van der Waals surface area (Å²) in [5.41, 5.74) is 3.61. The second-order valence-electron chi connectivity index (χ2n) is 9.39. The van der Waals surface area contributed by atoms with E-state index in [-0.39, 0.29) is 25.0 Å². The number of unbranched alkanes of at least 4 members (excludes halogenated alkanes) is 1. The van der Waals surface area contributed by atoms with E-state index in [9.17, 15) is 19.5 Å². The zero-order valence-corrected chi connectivity index (χ0v) is 20.1. The van der Waals surface area contributed by atoms with Gasteiger partial charge in [-0.1, -0.05) is 68.3 Å². The van der Waals surface area contributed by atoms with Crippen LogP contribution in [0.3, 0.4) is 0 Å². The average Bonchev–Trinajstić information content (AvgIpc) is 3.14. The molecule has 0 saturated carbocycles. The molecule has 0 fully saturated rings. The van der Waals surface area contributed by atoms with Crippen LogP contribution in [0, 0.1) is 5.41 Å². The van der Waals surface area contributed by atoms with Crippen LogP contribution in [0.15, 0.2) is 48.5 Å². The van der Waals surface area contributed by atoms with E-state index in [0.717, 1.165) is 35.1 Å². The molecule has 0 spiro atoms. The number of rotatable bonds is 11. The number of fused-ring (bicyclic) bond motifs is 3. The molecule has 1 atom stereocenters. The second kappa shape index (κ2) is 11.2. The fraction of sp³-hybridized carbons (Fsp3) is 0.444. The Morgan fingerprint density at radius 1 is 1.03 bits per heavy atom. The lowest BCUT2D eigenvalue weighted by molar-refractivity contribution is -0.147. The molecule has 3 N–H and O–H groups in total. The number of aliphatic carboxylic acids is 1. The number of alkyl carbamates (subject to hydrolysis) is 1. The summed E-state index contributed by atoms with van der Waals surface area (Å²) >= 11 is 0. The molecule has 7 heteroatoms. The third-order valence-electron chi connectivity index (χ3n) is 6.43. The lowest BCUT2D eigenvalue weighted by Gasteiger charge is -2.22. The van der Waals surface area contributed by atoms with Crippen LogP contribution in [0.1, 0.15) is 63.5 Å². The van der Waals surface area contributed by atoms with E-state index in [1.165, 1.54) is 0 Å². The van der Waals surface area contributed by atoms with Crippen molar-refractivity contribution < 1.29 is 24.2 Å². The highest BCUT2D eigenvalue weighted by Crippen LogP contribution is 2.44. The van der Waals surface area contributed by atoms with Crippen LogP contribution in [0.5, 0.6) is 0 Å². The monoisotopic (exact) mass is 466 g/mol. The van der Waals surface area contributed by atoms with Gasteiger partial charge in [-0.2, -0.15) is 0 Å². The van der Waals surface area contributed by atoms with Gasteiger partial charge in [-0.05, 0) is 48.9 Å². The number of amides is 2. The van der Waals surface area contributed by atoms with Crippen LogP contribution in [0.25, 0.3) is 11.1 Å². The van der Waals surface area contributed by atoms with Crippen molar-refractivity contribution in [3.8, 4) is 11.1 Å². The molecule has 1 aliphatic rings. The van der Waals surface area contributed by atoms with Gasteiger partial charge in [-0.25, -0.2) is 4.79 Å². The van der Waals surface area contributed by atoms with Crippen molar-refractivity contribution in [1.82, 2.24) is 10.6 Å². The largest absolute Gasteiger partial charge is 0.481 e. The maximum Gasteiger partial charge on any atom is 0.407 e. The van der Waals surface area contributed by atoms with Gasteiger partial charge in [0.1, 0.15) is 12.6 Å². The van der Waals surface area contributed by atoms with E-state index >= 15 is 0 Å². The number of nitrogens with one attached hydrogen (secondary N) is 2. The van der Waals surface area contributed by atoms with Crippen LogP contribution in [0.4, 0.5) is 4.79 Å². The number of benzene rings is 2. The van der Waals surface area contributed by atoms with Crippen molar-refractivity contribution in [2.24, 2.45) is 5.41 Å². The Morgan fingerprint density at radius 2 is 1.62 bits per heavy atom. The predicted molar refractivity (Wildman–Crippen MR) is 131 cm³/mol. The summed E-state index contributed by atoms with van der Waals surface area (Å²) in [6.07, 6.45) is 1.78. The van der Waals surface area contributed by atoms with Gasteiger partial charge in [0, 0.05) is 12.5 Å². The maximum atomic E-state index is 12.7. The summed E-state index contributed by atoms with van der Waals surface area (Å²) in [4.78, 5) is 36.6. The lowest BCUT2D eigenvalue weighted by atomic mass is 9.89. The number of carboxylic acids is 1. The topological polar surface area (TPSA) is 105 Å². The van der Waals surface area contributed by atoms with Gasteiger partial charge in [-0.15, -0.1) is 0 Å². The SMILES string of the molecule is CCCC[C@H](NC(=O)OCC1c2ccccc2-c2ccccc21)C(=O)NCCC(C)(C)C(=O)O. The lowest BCUT2D eigenvalue weighted by Crippen LogP contribution is -2.47. The molecular weight excluding hydrogens is 432 g/mol. The van der Waals surface area contributed by atoms with Crippen molar-refractivity contribution in [2.45, 2.75) is 58.4 Å². The highest BCUT2D eigenvalue weighted by molar-refractivity contribution is 5.85. The first-order valence-corrected chi connectivity index (χ1v) is 11.9. The molecule has 2 aromatic rings. The average molecular weight is 467 g/mol. The minimum absolute atomic E-state index is 0.0562. The van der Waals surface area contributed by atoms with Crippen molar-refractivity contribution in [3.05, 3.63) is 59.7 Å². The molecule has 0 aromatic heterocycles. The van der Waals surface area contributed by atoms with Crippen LogP contribution < -0.4 is 10.6 Å². The van der Waals surface area contributed by atoms with Gasteiger partial charge < -0.3 is 20.5 Å². The summed E-state index contributed by atoms with van der Waals surface area (Å²) in [7, 11) is 0. The van der Waals surface area contributed by atoms with Crippen LogP contribution in [-0.2, 0) is 14.3 Å². The van der Waals surface area contributed by atoms with E-state index in [1.807, 2.05) is 31.2 Å². The van der Waals surface area contributed by atoms with Crippen molar-refractivity contribution >= 4 is 18.0 Å². The van der Waals surface area contributed by atoms with Gasteiger partial charge >= 0.3 is 12.1 Å². The summed E-state index contributed by atoms with van der Waals surface area (Å²) in [5, 5.41) is 14.7. The number of ether oxygens (including phenoxy) is 1. The minimum Gasteiger partial charge on any atom is -0.481 e. The Kier molecular flexibility index (Phi) is 8.31. The predicted octanol–water partition coefficient (Wildman–Crippen LogP) is 4.70. The molecule has 3 rings (SSSR count). The molecule has 2 aromatic carbocycles. The summed E-state index contributed by atoms with van der Waals surface area (Å²) in [6, 6.07) is 15.5. The third-order valence-corrected chi connectivity index (χ3v) is 6.43. The number of hydrogen-bond donors (Lipinski definition) is 3. The first kappa shape index (κ1) is 25.3. The van der Waals surface area contributed by atoms with Gasteiger partial charge in [0.25, 0.3) is 0 Å². The molecule has 0 unspecified atom stereocenters. The molecular formula is C27H34N2O5. The number of carboxylic acid groups (broad SMARTS) is 1. The van der Waals surface area contributed by atoms with Crippen LogP contribution >= 0.6 is 0 Å². The Hall–Kier alpha value is -3.35. The van der Waals surface area contributed by atoms with E-state index in [1.54, 1.807) is 13.8 Å². The Morgan fingerprint density at radius 3 is 2.18 bits per heavy atom. The molecule has 182 valence electrons. The van der Waals surface area contributed by atoms with Crippen molar-refractivity contribution in [2.75, 3.05) is 13.2 Å². The molecule has 34 heavy (non-hydrogen) atoms. The van der Waals surface area contributed by atoms with E-state index < -0.39 is 23.5 Å². The molecule has 1 aliphatic carbocycles. The first-order valence-electron chi connectivity index (χ1n) is 11.9. The second-order valence-corrected chi connectivity index (χ2v) is 9.39. The van der Waals surface area contributed by atoms with Gasteiger partial charge in [-0.3, -0.25) is 9.59 Å². The zero-order chi connectivity index (χ0) is 24.7. The molecule has 7 nitrogen and oxygen atoms in total. The molecule has 0 heterocycles. The molecule has 0 aliphatic heterocycles. The summed E-state index contributed by atoms with van der Waals surface area (Å²) < 4.78 is 5.58. The van der Waals surface area contributed by atoms with Crippen molar-refractivity contribution in [1.29, 1.82) is 0 Å². The Labute approximate surface area is 200 Å². The number of carbonyl (C=O) groups excluding carboxylic acids is 2. The third kappa shape index (κ3) is 5.95. The van der Waals surface area contributed by atoms with Gasteiger partial charge in [0.15, 0.2) is 0 Å². The molecule has 0 bridgehead atoms. The smallest absolute Gasteiger partial charge is 0.407 e. The van der Waals surface area contributed by atoms with Crippen LogP contribution in [-0.4, -0.2) is 42.3 Å². The van der Waals surface area contributed by atoms with E-state index in [2.05, 4.69) is 34.9 Å². The fourth-order valence-corrected chi connectivity index (χ4v) is 4.19. The normalized spacial score (nSPS) is 13.5. The summed E-state index contributed by atoms with van der Waals surface area (Å²) in [6.45, 7) is 5.63. The van der Waals surface area contributed by atoms with Gasteiger partial charge in [0.05, 0.1) is 5.41 Å². The Bertz CT molecular complexity index is 988. The van der Waals surface area contributed by atoms with Crippen molar-refractivity contribution in [3.63, 3.8) is 0 Å². The highest BCUT2D eigenvalue weighted by Gasteiger charge is 2.30. The van der Waals surface area contributed by atoms with Gasteiger partial charge in [0.2, 0.25) is 5.91 Å². The first-order chi connectivity index (χ1) is 16.2. The molecule has 2 amide bonds. The number of carbonyl (C=O) groups is 3. The number of hydrogen-bond acceptors (Lipinski definition) is 4. The summed E-state index contributed by atoms with van der Waals surface area (Å²) in [5.74, 6) is -1.30. The maximum absolute atomic E-state index is 12.7. The minimum atomic E-state index is -0.938. The quantitative estimate of drug-likeness (QED) is 0.445.